The Hall–Kier alpha value is -3.99. The van der Waals surface area contributed by atoms with Crippen LogP contribution in [0.5, 0.6) is 0 Å². The lowest BCUT2D eigenvalue weighted by molar-refractivity contribution is -0.706. The van der Waals surface area contributed by atoms with Crippen molar-refractivity contribution in [1.29, 1.82) is 0 Å². The number of aryl methyl sites for hydroxylation is 3. The second kappa shape index (κ2) is 12.6. The molecule has 6 rings (SSSR count). The van der Waals surface area contributed by atoms with Gasteiger partial charge in [-0.05, 0) is 75.7 Å². The van der Waals surface area contributed by atoms with Crippen LogP contribution in [0.3, 0.4) is 0 Å². The van der Waals surface area contributed by atoms with Crippen LogP contribution in [0.1, 0.15) is 105 Å². The van der Waals surface area contributed by atoms with Crippen LogP contribution in [0, 0.1) is 23.7 Å². The normalized spacial score (nSPS) is 16.3. The average Bonchev–Trinajstić information content (AvgIpc) is 3.70. The van der Waals surface area contributed by atoms with E-state index in [1.54, 1.807) is 0 Å². The Labute approximate surface area is 283 Å². The molecule has 5 nitrogen and oxygen atoms in total. The molecule has 47 heavy (non-hydrogen) atoms. The van der Waals surface area contributed by atoms with E-state index in [1.165, 1.54) is 67.4 Å². The first-order chi connectivity index (χ1) is 22.0. The zero-order chi connectivity index (χ0) is 34.6. The molecule has 0 saturated carbocycles. The predicted octanol–water partition coefficient (Wildman–Crippen LogP) is 9.27. The quantitative estimate of drug-likeness (QED) is 0.163. The summed E-state index contributed by atoms with van der Waals surface area (Å²) in [5.41, 5.74) is 16.4. The van der Waals surface area contributed by atoms with Crippen molar-refractivity contribution in [2.75, 3.05) is 0 Å². The van der Waals surface area contributed by atoms with Crippen LogP contribution in [0.15, 0.2) is 72.2 Å². The molecule has 1 unspecified atom stereocenters. The van der Waals surface area contributed by atoms with E-state index in [0.717, 1.165) is 18.8 Å². The van der Waals surface area contributed by atoms with E-state index in [9.17, 15) is 0 Å². The molecule has 248 valence electrons. The minimum Gasteiger partial charge on any atom is -0.334 e. The number of hydrogen-bond acceptors (Lipinski definition) is 1. The van der Waals surface area contributed by atoms with Gasteiger partial charge in [-0.1, -0.05) is 83.5 Å². The third kappa shape index (κ3) is 5.87. The minimum absolute atomic E-state index is 0.0428. The molecular formula is C42H57N5+2. The van der Waals surface area contributed by atoms with Crippen LogP contribution in [-0.4, -0.2) is 14.1 Å². The summed E-state index contributed by atoms with van der Waals surface area (Å²) in [7, 11) is 4.27. The van der Waals surface area contributed by atoms with E-state index >= 15 is 0 Å². The second-order valence-corrected chi connectivity index (χ2v) is 15.6. The average molecular weight is 632 g/mol. The number of benzene rings is 1. The van der Waals surface area contributed by atoms with E-state index < -0.39 is 0 Å². The van der Waals surface area contributed by atoms with Crippen molar-refractivity contribution >= 4 is 22.4 Å². The molecule has 1 aliphatic heterocycles. The fraction of sp³-hybridized carbons (Fsp3) is 0.452. The SMILES string of the molecule is C/C=C(/C)C(=C(C)C)c1c[n+]2c3c([n+]4c(c2n1C)C(C(C)(C)C(C)(C)C)=CC4)CC(C)C=C3C.Cc1ccccc1-c1nccn1C. The van der Waals surface area contributed by atoms with Gasteiger partial charge in [0.25, 0.3) is 5.69 Å². The Morgan fingerprint density at radius 3 is 2.26 bits per heavy atom. The molecule has 4 aromatic rings. The van der Waals surface area contributed by atoms with E-state index in [1.807, 2.05) is 36.1 Å². The molecule has 3 aromatic heterocycles. The molecule has 1 aromatic carbocycles. The molecule has 0 bridgehead atoms. The van der Waals surface area contributed by atoms with Crippen molar-refractivity contribution in [3.8, 4) is 11.4 Å². The number of imidazole rings is 2. The van der Waals surface area contributed by atoms with Crippen LogP contribution in [-0.2, 0) is 27.1 Å². The number of nitrogens with zero attached hydrogens (tertiary/aromatic N) is 5. The van der Waals surface area contributed by atoms with Crippen molar-refractivity contribution < 1.29 is 8.97 Å². The van der Waals surface area contributed by atoms with Gasteiger partial charge in [-0.3, -0.25) is 0 Å². The maximum Gasteiger partial charge on any atom is 0.360 e. The molecule has 0 spiro atoms. The highest BCUT2D eigenvalue weighted by Crippen LogP contribution is 2.49. The predicted molar refractivity (Wildman–Crippen MR) is 198 cm³/mol. The molecule has 1 aliphatic carbocycles. The lowest BCUT2D eigenvalue weighted by atomic mass is 9.64. The highest BCUT2D eigenvalue weighted by Gasteiger charge is 2.49. The van der Waals surface area contributed by atoms with Crippen LogP contribution >= 0.6 is 0 Å². The van der Waals surface area contributed by atoms with E-state index in [4.69, 9.17) is 0 Å². The molecular weight excluding hydrogens is 574 g/mol. The summed E-state index contributed by atoms with van der Waals surface area (Å²) in [6, 6.07) is 8.28. The summed E-state index contributed by atoms with van der Waals surface area (Å²) in [4.78, 5) is 4.31. The van der Waals surface area contributed by atoms with Gasteiger partial charge >= 0.3 is 5.65 Å². The third-order valence-electron chi connectivity index (χ3n) is 11.0. The molecule has 0 saturated heterocycles. The highest BCUT2D eigenvalue weighted by molar-refractivity contribution is 5.81. The zero-order valence-corrected chi connectivity index (χ0v) is 31.5. The van der Waals surface area contributed by atoms with Crippen molar-refractivity contribution in [2.45, 2.75) is 96.1 Å². The number of hydrogen-bond donors (Lipinski definition) is 0. The number of allylic oxidation sites excluding steroid dienone is 8. The van der Waals surface area contributed by atoms with Gasteiger partial charge in [-0.25, -0.2) is 9.55 Å². The standard InChI is InChI=1S/C31H45N3.C11H12N2/c1-13-21(5)26(19(2)3)25-18-34-27-22(6)16-20(4)17-24(27)33-15-14-23(28(33)29(34)32(25)12)31(10,11)30(7,8)9;1-9-5-3-4-6-10(9)11-12-7-8-13(11)2/h13-14,16,18,20H,15,17H2,1-12H3;3-8H,1-2H3/q+2;/b21-13-;. The number of fused-ring (bicyclic) bond motifs is 6. The Bertz CT molecular complexity index is 1970. The molecule has 0 N–H and O–H groups in total. The monoisotopic (exact) mass is 631 g/mol. The zero-order valence-electron chi connectivity index (χ0n) is 31.5. The minimum atomic E-state index is 0.0428. The van der Waals surface area contributed by atoms with Crippen LogP contribution in [0.4, 0.5) is 0 Å². The molecule has 4 heterocycles. The highest BCUT2D eigenvalue weighted by atomic mass is 15.2. The topological polar surface area (TPSA) is 30.7 Å². The number of rotatable bonds is 4. The molecule has 5 heteroatoms. The smallest absolute Gasteiger partial charge is 0.334 e. The first-order valence-electron chi connectivity index (χ1n) is 17.2. The lowest BCUT2D eigenvalue weighted by Crippen LogP contribution is -2.49. The van der Waals surface area contributed by atoms with Crippen LogP contribution < -0.4 is 8.97 Å². The molecule has 0 fully saturated rings. The molecule has 0 radical (unpaired) electrons. The van der Waals surface area contributed by atoms with E-state index in [2.05, 4.69) is 145 Å². The Balaban J connectivity index is 0.000000277. The fourth-order valence-electron chi connectivity index (χ4n) is 7.39. The Kier molecular flexibility index (Phi) is 9.18. The summed E-state index contributed by atoms with van der Waals surface area (Å²) in [5, 5.41) is 0. The van der Waals surface area contributed by atoms with Crippen molar-refractivity contribution in [3.05, 3.63) is 101 Å². The Morgan fingerprint density at radius 2 is 1.68 bits per heavy atom. The summed E-state index contributed by atoms with van der Waals surface area (Å²) in [6.07, 6.45) is 14.5. The molecule has 1 atom stereocenters. The maximum atomic E-state index is 4.31. The summed E-state index contributed by atoms with van der Waals surface area (Å²) < 4.78 is 9.62. The van der Waals surface area contributed by atoms with Crippen molar-refractivity contribution in [1.82, 2.24) is 14.1 Å². The first-order valence-corrected chi connectivity index (χ1v) is 17.2. The lowest BCUT2D eigenvalue weighted by Gasteiger charge is -2.38. The van der Waals surface area contributed by atoms with Gasteiger partial charge in [0.1, 0.15) is 12.0 Å². The second-order valence-electron chi connectivity index (χ2n) is 15.6. The van der Waals surface area contributed by atoms with Gasteiger partial charge < -0.3 is 4.57 Å². The van der Waals surface area contributed by atoms with Gasteiger partial charge in [0.15, 0.2) is 12.2 Å². The van der Waals surface area contributed by atoms with Crippen LogP contribution in [0.2, 0.25) is 0 Å². The third-order valence-corrected chi connectivity index (χ3v) is 11.0. The van der Waals surface area contributed by atoms with Gasteiger partial charge in [0.05, 0.1) is 7.05 Å². The number of aromatic nitrogens is 5. The largest absolute Gasteiger partial charge is 0.360 e. The van der Waals surface area contributed by atoms with Gasteiger partial charge in [0.2, 0.25) is 11.4 Å². The fourth-order valence-corrected chi connectivity index (χ4v) is 7.39. The van der Waals surface area contributed by atoms with E-state index in [0.29, 0.717) is 5.92 Å². The maximum absolute atomic E-state index is 4.31. The van der Waals surface area contributed by atoms with Gasteiger partial charge in [0, 0.05) is 48.0 Å². The summed E-state index contributed by atoms with van der Waals surface area (Å²) in [5.74, 6) is 1.58. The summed E-state index contributed by atoms with van der Waals surface area (Å²) >= 11 is 0. The van der Waals surface area contributed by atoms with Crippen molar-refractivity contribution in [3.63, 3.8) is 0 Å². The van der Waals surface area contributed by atoms with Crippen LogP contribution in [0.25, 0.3) is 33.8 Å². The first kappa shape index (κ1) is 34.3. The van der Waals surface area contributed by atoms with Gasteiger partial charge in [-0.15, -0.1) is 0 Å². The van der Waals surface area contributed by atoms with Crippen molar-refractivity contribution in [2.24, 2.45) is 30.8 Å². The Morgan fingerprint density at radius 1 is 1.00 bits per heavy atom. The van der Waals surface area contributed by atoms with Gasteiger partial charge in [-0.2, -0.15) is 8.97 Å². The molecule has 0 amide bonds. The molecule has 2 aliphatic rings. The summed E-state index contributed by atoms with van der Waals surface area (Å²) in [6.45, 7) is 28.5. The van der Waals surface area contributed by atoms with E-state index in [-0.39, 0.29) is 10.8 Å².